The lowest BCUT2D eigenvalue weighted by molar-refractivity contribution is 0.579. The third-order valence-corrected chi connectivity index (χ3v) is 6.39. The molecule has 0 radical (unpaired) electrons. The van der Waals surface area contributed by atoms with Crippen molar-refractivity contribution in [3.63, 3.8) is 0 Å². The fraction of sp³-hybridized carbons (Fsp3) is 0.600. The summed E-state index contributed by atoms with van der Waals surface area (Å²) in [6.45, 7) is 0. The van der Waals surface area contributed by atoms with Crippen molar-refractivity contribution in [1.82, 2.24) is 0 Å². The van der Waals surface area contributed by atoms with Crippen molar-refractivity contribution in [2.24, 2.45) is 0 Å². The number of rotatable bonds is 10. The second-order valence-electron chi connectivity index (χ2n) is 5.06. The summed E-state index contributed by atoms with van der Waals surface area (Å²) >= 11 is 15.1. The minimum atomic E-state index is -3.25. The first-order valence-electron chi connectivity index (χ1n) is 7.21. The van der Waals surface area contributed by atoms with Crippen LogP contribution in [0, 0.1) is 0 Å². The summed E-state index contributed by atoms with van der Waals surface area (Å²) in [4.78, 5) is 0.259. The van der Waals surface area contributed by atoms with Crippen LogP contribution in [0.5, 0.6) is 0 Å². The van der Waals surface area contributed by atoms with Crippen LogP contribution in [0.2, 0.25) is 10.0 Å². The van der Waals surface area contributed by atoms with Gasteiger partial charge in [0.25, 0.3) is 0 Å². The van der Waals surface area contributed by atoms with Gasteiger partial charge in [-0.3, -0.25) is 0 Å². The molecule has 0 aliphatic rings. The van der Waals surface area contributed by atoms with Crippen molar-refractivity contribution in [3.05, 3.63) is 28.2 Å². The van der Waals surface area contributed by atoms with Crippen molar-refractivity contribution in [1.29, 1.82) is 0 Å². The van der Waals surface area contributed by atoms with Crippen LogP contribution in [0.4, 0.5) is 0 Å². The summed E-state index contributed by atoms with van der Waals surface area (Å²) in [5.74, 6) is 0.173. The van der Waals surface area contributed by atoms with Gasteiger partial charge in [0.15, 0.2) is 9.84 Å². The SMILES string of the molecule is O=S(=O)(CCCCCCCCCBr)c1ccc(Cl)c(Cl)c1. The van der Waals surface area contributed by atoms with E-state index in [0.29, 0.717) is 11.4 Å². The monoisotopic (exact) mass is 414 g/mol. The van der Waals surface area contributed by atoms with E-state index in [1.54, 1.807) is 0 Å². The highest BCUT2D eigenvalue weighted by Gasteiger charge is 2.15. The van der Waals surface area contributed by atoms with Gasteiger partial charge in [0.05, 0.1) is 20.7 Å². The summed E-state index contributed by atoms with van der Waals surface area (Å²) in [5.41, 5.74) is 0. The molecular formula is C15H21BrCl2O2S. The molecule has 1 rings (SSSR count). The van der Waals surface area contributed by atoms with Gasteiger partial charge in [0, 0.05) is 5.33 Å². The predicted molar refractivity (Wildman–Crippen MR) is 94.6 cm³/mol. The third-order valence-electron chi connectivity index (χ3n) is 3.30. The van der Waals surface area contributed by atoms with Gasteiger partial charge in [-0.1, -0.05) is 71.2 Å². The predicted octanol–water partition coefficient (Wildman–Crippen LogP) is 5.89. The molecule has 0 aliphatic carbocycles. The first kappa shape index (κ1) is 19.3. The molecule has 0 bridgehead atoms. The summed E-state index contributed by atoms with van der Waals surface area (Å²) in [7, 11) is -3.25. The number of hydrogen-bond acceptors (Lipinski definition) is 2. The van der Waals surface area contributed by atoms with Gasteiger partial charge in [-0.25, -0.2) is 8.42 Å². The van der Waals surface area contributed by atoms with E-state index >= 15 is 0 Å². The standard InChI is InChI=1S/C15H21BrCl2O2S/c16-10-6-4-2-1-3-5-7-11-21(19,20)13-8-9-14(17)15(18)12-13/h8-9,12H,1-7,10-11H2. The summed E-state index contributed by atoms with van der Waals surface area (Å²) in [5, 5.41) is 1.72. The smallest absolute Gasteiger partial charge is 0.178 e. The molecule has 0 amide bonds. The maximum Gasteiger partial charge on any atom is 0.178 e. The van der Waals surface area contributed by atoms with Crippen molar-refractivity contribution in [2.45, 2.75) is 49.8 Å². The van der Waals surface area contributed by atoms with Crippen LogP contribution in [-0.4, -0.2) is 19.5 Å². The van der Waals surface area contributed by atoms with Crippen molar-refractivity contribution >= 4 is 49.0 Å². The van der Waals surface area contributed by atoms with E-state index in [1.165, 1.54) is 43.9 Å². The zero-order valence-corrected chi connectivity index (χ0v) is 15.9. The fourth-order valence-corrected chi connectivity index (χ4v) is 4.21. The number of unbranched alkanes of at least 4 members (excludes halogenated alkanes) is 6. The van der Waals surface area contributed by atoms with Gasteiger partial charge in [-0.2, -0.15) is 0 Å². The average molecular weight is 416 g/mol. The van der Waals surface area contributed by atoms with Crippen molar-refractivity contribution in [3.8, 4) is 0 Å². The summed E-state index contributed by atoms with van der Waals surface area (Å²) < 4.78 is 24.3. The molecule has 120 valence electrons. The summed E-state index contributed by atoms with van der Waals surface area (Å²) in [6, 6.07) is 4.48. The first-order valence-corrected chi connectivity index (χ1v) is 10.7. The van der Waals surface area contributed by atoms with Gasteiger partial charge in [-0.05, 0) is 31.0 Å². The molecule has 0 aliphatic heterocycles. The molecule has 0 aromatic heterocycles. The van der Waals surface area contributed by atoms with Crippen LogP contribution in [0.25, 0.3) is 0 Å². The molecule has 0 heterocycles. The Morgan fingerprint density at radius 2 is 1.43 bits per heavy atom. The molecule has 1 aromatic rings. The zero-order chi connectivity index (χ0) is 15.7. The Bertz CT molecular complexity index is 532. The minimum Gasteiger partial charge on any atom is -0.224 e. The maximum absolute atomic E-state index is 12.2. The minimum absolute atomic E-state index is 0.173. The van der Waals surface area contributed by atoms with E-state index in [4.69, 9.17) is 23.2 Å². The Balaban J connectivity index is 2.31. The molecule has 6 heteroatoms. The number of hydrogen-bond donors (Lipinski definition) is 0. The Labute approximate surface area is 146 Å². The van der Waals surface area contributed by atoms with E-state index in [1.807, 2.05) is 0 Å². The average Bonchev–Trinajstić information content (AvgIpc) is 2.44. The number of alkyl halides is 1. The van der Waals surface area contributed by atoms with Crippen LogP contribution >= 0.6 is 39.1 Å². The number of sulfone groups is 1. The second-order valence-corrected chi connectivity index (χ2v) is 8.78. The fourth-order valence-electron chi connectivity index (χ4n) is 2.06. The largest absolute Gasteiger partial charge is 0.224 e. The Morgan fingerprint density at radius 1 is 0.857 bits per heavy atom. The third kappa shape index (κ3) is 7.36. The van der Waals surface area contributed by atoms with Gasteiger partial charge in [0.1, 0.15) is 0 Å². The second kappa shape index (κ2) is 10.1. The highest BCUT2D eigenvalue weighted by atomic mass is 79.9. The number of benzene rings is 1. The quantitative estimate of drug-likeness (QED) is 0.352. The van der Waals surface area contributed by atoms with E-state index in [9.17, 15) is 8.42 Å². The Kier molecular flexibility index (Phi) is 9.26. The van der Waals surface area contributed by atoms with Crippen LogP contribution < -0.4 is 0 Å². The molecule has 0 unspecified atom stereocenters. The highest BCUT2D eigenvalue weighted by molar-refractivity contribution is 9.09. The molecule has 0 atom stereocenters. The number of halogens is 3. The van der Waals surface area contributed by atoms with Crippen LogP contribution in [0.3, 0.4) is 0 Å². The van der Waals surface area contributed by atoms with E-state index < -0.39 is 9.84 Å². The maximum atomic E-state index is 12.2. The van der Waals surface area contributed by atoms with Gasteiger partial charge in [-0.15, -0.1) is 0 Å². The van der Waals surface area contributed by atoms with E-state index in [0.717, 1.165) is 18.2 Å². The topological polar surface area (TPSA) is 34.1 Å². The van der Waals surface area contributed by atoms with Gasteiger partial charge in [0.2, 0.25) is 0 Å². The highest BCUT2D eigenvalue weighted by Crippen LogP contribution is 2.25. The molecule has 1 aromatic carbocycles. The lowest BCUT2D eigenvalue weighted by atomic mass is 10.1. The summed E-state index contributed by atoms with van der Waals surface area (Å²) in [6.07, 6.45) is 7.61. The van der Waals surface area contributed by atoms with Crippen molar-refractivity contribution < 1.29 is 8.42 Å². The molecule has 2 nitrogen and oxygen atoms in total. The van der Waals surface area contributed by atoms with Crippen LogP contribution in [-0.2, 0) is 9.84 Å². The lowest BCUT2D eigenvalue weighted by Gasteiger charge is -2.06. The Hall–Kier alpha value is 0.230. The lowest BCUT2D eigenvalue weighted by Crippen LogP contribution is -2.06. The van der Waals surface area contributed by atoms with Crippen molar-refractivity contribution in [2.75, 3.05) is 11.1 Å². The normalized spacial score (nSPS) is 11.8. The molecule has 0 saturated carbocycles. The molecule has 0 N–H and O–H groups in total. The van der Waals surface area contributed by atoms with E-state index in [-0.39, 0.29) is 15.7 Å². The van der Waals surface area contributed by atoms with Gasteiger partial charge >= 0.3 is 0 Å². The molecule has 0 fully saturated rings. The molecule has 0 spiro atoms. The Morgan fingerprint density at radius 3 is 2.00 bits per heavy atom. The molecular weight excluding hydrogens is 395 g/mol. The van der Waals surface area contributed by atoms with Crippen LogP contribution in [0.1, 0.15) is 44.9 Å². The molecule has 0 saturated heterocycles. The van der Waals surface area contributed by atoms with E-state index in [2.05, 4.69) is 15.9 Å². The first-order chi connectivity index (χ1) is 9.97. The molecule has 21 heavy (non-hydrogen) atoms. The van der Waals surface area contributed by atoms with Gasteiger partial charge < -0.3 is 0 Å². The van der Waals surface area contributed by atoms with Crippen LogP contribution in [0.15, 0.2) is 23.1 Å². The zero-order valence-electron chi connectivity index (χ0n) is 12.0.